The minimum absolute atomic E-state index is 0.294. The van der Waals surface area contributed by atoms with E-state index in [-0.39, 0.29) is 5.97 Å². The van der Waals surface area contributed by atoms with Gasteiger partial charge in [0.05, 0.1) is 19.3 Å². The van der Waals surface area contributed by atoms with E-state index in [0.29, 0.717) is 30.3 Å². The molecule has 0 atom stereocenters. The van der Waals surface area contributed by atoms with Gasteiger partial charge in [0.1, 0.15) is 5.82 Å². The number of aromatic nitrogens is 3. The number of carbonyl (C=O) groups excluding carboxylic acids is 1. The molecule has 0 saturated heterocycles. The van der Waals surface area contributed by atoms with E-state index in [1.807, 2.05) is 19.1 Å². The molecule has 0 aliphatic heterocycles. The molecule has 0 aliphatic carbocycles. The number of carbonyl (C=O) groups is 1. The number of rotatable bonds is 6. The summed E-state index contributed by atoms with van der Waals surface area (Å²) in [5.74, 6) is 1.36. The van der Waals surface area contributed by atoms with Gasteiger partial charge in [0.15, 0.2) is 5.82 Å². The van der Waals surface area contributed by atoms with E-state index in [9.17, 15) is 4.79 Å². The van der Waals surface area contributed by atoms with E-state index in [1.165, 1.54) is 7.11 Å². The van der Waals surface area contributed by atoms with Crippen molar-refractivity contribution in [3.05, 3.63) is 34.6 Å². The van der Waals surface area contributed by atoms with Crippen molar-refractivity contribution in [2.24, 2.45) is 0 Å². The van der Waals surface area contributed by atoms with Gasteiger partial charge in [-0.05, 0) is 30.0 Å². The predicted molar refractivity (Wildman–Crippen MR) is 87.6 cm³/mol. The van der Waals surface area contributed by atoms with Crippen molar-refractivity contribution < 1.29 is 14.3 Å². The molecule has 1 aromatic heterocycles. The number of hydrogen-bond acceptors (Lipinski definition) is 5. The van der Waals surface area contributed by atoms with E-state index in [2.05, 4.69) is 29.0 Å². The average Bonchev–Trinajstić information content (AvgIpc) is 3.00. The monoisotopic (exact) mass is 317 g/mol. The highest BCUT2D eigenvalue weighted by molar-refractivity contribution is 5.92. The molecule has 0 saturated carbocycles. The molecule has 124 valence electrons. The Balaban J connectivity index is 2.50. The summed E-state index contributed by atoms with van der Waals surface area (Å²) >= 11 is 0. The van der Waals surface area contributed by atoms with Crippen LogP contribution < -0.4 is 0 Å². The Kier molecular flexibility index (Phi) is 5.50. The second-order valence-electron chi connectivity index (χ2n) is 5.76. The zero-order valence-corrected chi connectivity index (χ0v) is 14.3. The van der Waals surface area contributed by atoms with E-state index in [1.54, 1.807) is 7.11 Å². The zero-order valence-electron chi connectivity index (χ0n) is 14.3. The van der Waals surface area contributed by atoms with Crippen LogP contribution in [0, 0.1) is 6.92 Å². The Hall–Kier alpha value is -2.21. The molecule has 0 amide bonds. The number of aromatic amines is 1. The minimum Gasteiger partial charge on any atom is -0.465 e. The fraction of sp³-hybridized carbons (Fsp3) is 0.471. The van der Waals surface area contributed by atoms with Crippen LogP contribution in [0.3, 0.4) is 0 Å². The van der Waals surface area contributed by atoms with E-state index < -0.39 is 0 Å². The van der Waals surface area contributed by atoms with Crippen LogP contribution in [0.15, 0.2) is 12.1 Å². The van der Waals surface area contributed by atoms with Gasteiger partial charge in [-0.15, -0.1) is 10.2 Å². The largest absolute Gasteiger partial charge is 0.465 e. The molecule has 2 rings (SSSR count). The fourth-order valence-corrected chi connectivity index (χ4v) is 2.47. The summed E-state index contributed by atoms with van der Waals surface area (Å²) in [6.07, 6.45) is 0.663. The van der Waals surface area contributed by atoms with Crippen molar-refractivity contribution in [3.8, 4) is 11.4 Å². The number of H-pyrrole nitrogens is 1. The average molecular weight is 317 g/mol. The minimum atomic E-state index is -0.349. The molecule has 0 bridgehead atoms. The smallest absolute Gasteiger partial charge is 0.338 e. The van der Waals surface area contributed by atoms with Gasteiger partial charge in [-0.3, -0.25) is 0 Å². The first-order valence-electron chi connectivity index (χ1n) is 7.61. The van der Waals surface area contributed by atoms with E-state index in [0.717, 1.165) is 22.5 Å². The molecule has 1 N–H and O–H groups in total. The summed E-state index contributed by atoms with van der Waals surface area (Å²) in [6.45, 7) is 6.70. The Morgan fingerprint density at radius 1 is 1.26 bits per heavy atom. The lowest BCUT2D eigenvalue weighted by atomic mass is 9.92. The second kappa shape index (κ2) is 7.37. The van der Waals surface area contributed by atoms with Crippen molar-refractivity contribution in [1.29, 1.82) is 0 Å². The third kappa shape index (κ3) is 3.76. The maximum absolute atomic E-state index is 12.0. The topological polar surface area (TPSA) is 77.1 Å². The number of methoxy groups -OCH3 is 2. The number of aryl methyl sites for hydroxylation is 1. The van der Waals surface area contributed by atoms with Gasteiger partial charge < -0.3 is 14.5 Å². The highest BCUT2D eigenvalue weighted by Gasteiger charge is 2.18. The highest BCUT2D eigenvalue weighted by Crippen LogP contribution is 2.30. The molecule has 6 heteroatoms. The number of ether oxygens (including phenoxy) is 2. The van der Waals surface area contributed by atoms with Gasteiger partial charge in [0.25, 0.3) is 0 Å². The quantitative estimate of drug-likeness (QED) is 0.829. The van der Waals surface area contributed by atoms with Gasteiger partial charge in [-0.2, -0.15) is 0 Å². The Bertz CT molecular complexity index is 692. The van der Waals surface area contributed by atoms with Crippen LogP contribution in [-0.2, 0) is 15.9 Å². The van der Waals surface area contributed by atoms with Gasteiger partial charge in [-0.1, -0.05) is 19.9 Å². The number of esters is 1. The standard InChI is InChI=1S/C17H23N3O3/c1-10(2)12-8-11(3)13(17(21)23-5)9-14(12)16-18-15(19-20-16)6-7-22-4/h8-10H,6-7H2,1-5H3,(H,18,19,20). The van der Waals surface area contributed by atoms with Crippen LogP contribution >= 0.6 is 0 Å². The normalized spacial score (nSPS) is 11.0. The Labute approximate surface area is 136 Å². The molecule has 23 heavy (non-hydrogen) atoms. The summed E-state index contributed by atoms with van der Waals surface area (Å²) in [5, 5.41) is 8.37. The summed E-state index contributed by atoms with van der Waals surface area (Å²) in [7, 11) is 3.03. The van der Waals surface area contributed by atoms with Gasteiger partial charge >= 0.3 is 5.97 Å². The van der Waals surface area contributed by atoms with Gasteiger partial charge in [0.2, 0.25) is 0 Å². The lowest BCUT2D eigenvalue weighted by molar-refractivity contribution is 0.0600. The predicted octanol–water partition coefficient (Wildman–Crippen LogP) is 2.88. The van der Waals surface area contributed by atoms with E-state index >= 15 is 0 Å². The Morgan fingerprint density at radius 2 is 2.00 bits per heavy atom. The van der Waals surface area contributed by atoms with Gasteiger partial charge in [-0.25, -0.2) is 4.79 Å². The summed E-state index contributed by atoms with van der Waals surface area (Å²) in [4.78, 5) is 15.2. The number of nitrogens with zero attached hydrogens (tertiary/aromatic N) is 2. The molecule has 6 nitrogen and oxygen atoms in total. The second-order valence-corrected chi connectivity index (χ2v) is 5.76. The van der Waals surface area contributed by atoms with Crippen LogP contribution in [0.5, 0.6) is 0 Å². The lowest BCUT2D eigenvalue weighted by Gasteiger charge is -2.14. The maximum Gasteiger partial charge on any atom is 0.338 e. The maximum atomic E-state index is 12.0. The molecule has 0 fully saturated rings. The van der Waals surface area contributed by atoms with Crippen molar-refractivity contribution in [1.82, 2.24) is 15.2 Å². The first-order valence-corrected chi connectivity index (χ1v) is 7.61. The number of benzene rings is 1. The van der Waals surface area contributed by atoms with Crippen molar-refractivity contribution >= 4 is 5.97 Å². The first-order chi connectivity index (χ1) is 11.0. The first kappa shape index (κ1) is 17.1. The third-order valence-electron chi connectivity index (χ3n) is 3.76. The number of nitrogens with one attached hydrogen (secondary N) is 1. The zero-order chi connectivity index (χ0) is 17.0. The fourth-order valence-electron chi connectivity index (χ4n) is 2.47. The lowest BCUT2D eigenvalue weighted by Crippen LogP contribution is -2.06. The van der Waals surface area contributed by atoms with Crippen LogP contribution in [0.4, 0.5) is 0 Å². The third-order valence-corrected chi connectivity index (χ3v) is 3.76. The molecule has 0 spiro atoms. The van der Waals surface area contributed by atoms with E-state index in [4.69, 9.17) is 9.47 Å². The van der Waals surface area contributed by atoms with Crippen LogP contribution in [-0.4, -0.2) is 42.0 Å². The summed E-state index contributed by atoms with van der Waals surface area (Å²) < 4.78 is 9.92. The number of hydrogen-bond donors (Lipinski definition) is 1. The van der Waals surface area contributed by atoms with Gasteiger partial charge in [0, 0.05) is 19.1 Å². The van der Waals surface area contributed by atoms with Crippen LogP contribution in [0.2, 0.25) is 0 Å². The molecular weight excluding hydrogens is 294 g/mol. The summed E-state index contributed by atoms with van der Waals surface area (Å²) in [5.41, 5.74) is 3.43. The molecule has 0 radical (unpaired) electrons. The summed E-state index contributed by atoms with van der Waals surface area (Å²) in [6, 6.07) is 3.85. The highest BCUT2D eigenvalue weighted by atomic mass is 16.5. The molecule has 1 aromatic carbocycles. The molecule has 0 aliphatic rings. The molecule has 1 heterocycles. The molecule has 2 aromatic rings. The SMILES string of the molecule is COCCc1nnc(-c2cc(C(=O)OC)c(C)cc2C(C)C)[nH]1. The van der Waals surface area contributed by atoms with Crippen LogP contribution in [0.25, 0.3) is 11.4 Å². The Morgan fingerprint density at radius 3 is 2.61 bits per heavy atom. The van der Waals surface area contributed by atoms with Crippen molar-refractivity contribution in [2.75, 3.05) is 20.8 Å². The van der Waals surface area contributed by atoms with Crippen LogP contribution in [0.1, 0.15) is 47.1 Å². The van der Waals surface area contributed by atoms with Crippen molar-refractivity contribution in [3.63, 3.8) is 0 Å². The van der Waals surface area contributed by atoms with Crippen molar-refractivity contribution in [2.45, 2.75) is 33.1 Å². The molecule has 0 unspecified atom stereocenters. The molecular formula is C17H23N3O3.